The van der Waals surface area contributed by atoms with Crippen LogP contribution >= 0.6 is 0 Å². The highest BCUT2D eigenvalue weighted by atomic mass is 16.2. The van der Waals surface area contributed by atoms with Gasteiger partial charge in [-0.2, -0.15) is 0 Å². The summed E-state index contributed by atoms with van der Waals surface area (Å²) >= 11 is 0. The van der Waals surface area contributed by atoms with Crippen LogP contribution in [0.5, 0.6) is 0 Å². The molecule has 4 rings (SSSR count). The first-order valence-corrected chi connectivity index (χ1v) is 10.4. The fourth-order valence-corrected chi connectivity index (χ4v) is 3.12. The minimum atomic E-state index is -0.262. The summed E-state index contributed by atoms with van der Waals surface area (Å²) in [6, 6.07) is 18.7. The van der Waals surface area contributed by atoms with Crippen molar-refractivity contribution in [3.05, 3.63) is 95.8 Å². The summed E-state index contributed by atoms with van der Waals surface area (Å²) in [5.41, 5.74) is 10.0. The Kier molecular flexibility index (Phi) is 6.41. The Morgan fingerprint density at radius 2 is 1.72 bits per heavy atom. The molecule has 1 aromatic heterocycles. The van der Waals surface area contributed by atoms with Crippen LogP contribution in [-0.2, 0) is 9.59 Å². The molecule has 1 aliphatic carbocycles. The van der Waals surface area contributed by atoms with Gasteiger partial charge in [0.05, 0.1) is 11.4 Å². The normalized spacial score (nSPS) is 13.7. The minimum Gasteiger partial charge on any atom is -0.397 e. The van der Waals surface area contributed by atoms with Crippen molar-refractivity contribution in [1.82, 2.24) is 10.3 Å². The third kappa shape index (κ3) is 5.70. The van der Waals surface area contributed by atoms with E-state index in [9.17, 15) is 9.59 Å². The summed E-state index contributed by atoms with van der Waals surface area (Å²) in [5.74, 6) is -0.358. The average Bonchev–Trinajstić information content (AvgIpc) is 3.63. The molecule has 0 bridgehead atoms. The van der Waals surface area contributed by atoms with Crippen molar-refractivity contribution in [2.75, 3.05) is 11.1 Å². The van der Waals surface area contributed by atoms with Crippen LogP contribution < -0.4 is 16.4 Å². The SMILES string of the molecule is Nc1ccccc1NC(=O)/C=C/c1ccc(/C=C(/C(=O)NC2CC2)c2cccnc2)cc1. The third-order valence-corrected chi connectivity index (χ3v) is 5.02. The van der Waals surface area contributed by atoms with E-state index in [4.69, 9.17) is 5.73 Å². The van der Waals surface area contributed by atoms with Crippen LogP contribution in [0.4, 0.5) is 11.4 Å². The number of nitrogens with one attached hydrogen (secondary N) is 2. The van der Waals surface area contributed by atoms with Crippen LogP contribution in [-0.4, -0.2) is 22.8 Å². The highest BCUT2D eigenvalue weighted by Crippen LogP contribution is 2.23. The van der Waals surface area contributed by atoms with Crippen molar-refractivity contribution in [2.24, 2.45) is 0 Å². The number of nitrogens with zero attached hydrogens (tertiary/aromatic N) is 1. The van der Waals surface area contributed by atoms with Crippen molar-refractivity contribution in [3.63, 3.8) is 0 Å². The van der Waals surface area contributed by atoms with Gasteiger partial charge in [-0.15, -0.1) is 0 Å². The van der Waals surface area contributed by atoms with E-state index in [1.807, 2.05) is 54.6 Å². The van der Waals surface area contributed by atoms with Gasteiger partial charge >= 0.3 is 0 Å². The summed E-state index contributed by atoms with van der Waals surface area (Å²) in [5, 5.41) is 5.80. The Morgan fingerprint density at radius 1 is 0.969 bits per heavy atom. The topological polar surface area (TPSA) is 97.1 Å². The molecule has 0 atom stereocenters. The van der Waals surface area contributed by atoms with Gasteiger partial charge in [0.15, 0.2) is 0 Å². The van der Waals surface area contributed by atoms with Crippen LogP contribution in [0.3, 0.4) is 0 Å². The Hall–Kier alpha value is -4.19. The first kappa shape index (κ1) is 21.1. The second-order valence-corrected chi connectivity index (χ2v) is 7.62. The maximum Gasteiger partial charge on any atom is 0.252 e. The van der Waals surface area contributed by atoms with Crippen molar-refractivity contribution >= 4 is 40.9 Å². The van der Waals surface area contributed by atoms with E-state index in [1.165, 1.54) is 6.08 Å². The number of nitrogens with two attached hydrogens (primary N) is 1. The standard InChI is InChI=1S/C26H24N4O2/c27-23-5-1-2-6-24(23)30-25(31)14-11-18-7-9-19(10-8-18)16-22(20-4-3-15-28-17-20)26(32)29-21-12-13-21/h1-11,14-17,21H,12-13,27H2,(H,29,32)(H,30,31)/b14-11+,22-16+. The van der Waals surface area contributed by atoms with Gasteiger partial charge in [-0.3, -0.25) is 14.6 Å². The first-order chi connectivity index (χ1) is 15.6. The zero-order valence-electron chi connectivity index (χ0n) is 17.5. The molecule has 0 radical (unpaired) electrons. The average molecular weight is 425 g/mol. The Morgan fingerprint density at radius 3 is 2.41 bits per heavy atom. The van der Waals surface area contributed by atoms with Crippen molar-refractivity contribution in [1.29, 1.82) is 0 Å². The van der Waals surface area contributed by atoms with Gasteiger partial charge in [-0.05, 0) is 54.3 Å². The number of hydrogen-bond donors (Lipinski definition) is 3. The minimum absolute atomic E-state index is 0.0960. The van der Waals surface area contributed by atoms with Crippen LogP contribution in [0.2, 0.25) is 0 Å². The molecule has 4 N–H and O–H groups in total. The molecule has 2 amide bonds. The molecule has 1 heterocycles. The summed E-state index contributed by atoms with van der Waals surface area (Å²) in [7, 11) is 0. The summed E-state index contributed by atoms with van der Waals surface area (Å²) in [6.45, 7) is 0. The number of benzene rings is 2. The summed E-state index contributed by atoms with van der Waals surface area (Å²) < 4.78 is 0. The molecule has 6 nitrogen and oxygen atoms in total. The van der Waals surface area contributed by atoms with Crippen molar-refractivity contribution in [2.45, 2.75) is 18.9 Å². The molecule has 0 spiro atoms. The van der Waals surface area contributed by atoms with Gasteiger partial charge in [-0.1, -0.05) is 42.5 Å². The highest BCUT2D eigenvalue weighted by molar-refractivity contribution is 6.24. The molecule has 1 aliphatic rings. The second-order valence-electron chi connectivity index (χ2n) is 7.62. The molecule has 32 heavy (non-hydrogen) atoms. The molecule has 6 heteroatoms. The quantitative estimate of drug-likeness (QED) is 0.392. The number of nitrogen functional groups attached to an aromatic ring is 1. The Balaban J connectivity index is 1.47. The number of carbonyl (C=O) groups excluding carboxylic acids is 2. The van der Waals surface area contributed by atoms with E-state index < -0.39 is 0 Å². The van der Waals surface area contributed by atoms with Gasteiger partial charge in [0.1, 0.15) is 0 Å². The van der Waals surface area contributed by atoms with Crippen molar-refractivity contribution in [3.8, 4) is 0 Å². The largest absolute Gasteiger partial charge is 0.397 e. The number of pyridine rings is 1. The maximum atomic E-state index is 12.7. The van der Waals surface area contributed by atoms with Gasteiger partial charge in [0.2, 0.25) is 5.91 Å². The number of hydrogen-bond acceptors (Lipinski definition) is 4. The number of rotatable bonds is 7. The van der Waals surface area contributed by atoms with E-state index in [1.54, 1.807) is 30.6 Å². The zero-order valence-corrected chi connectivity index (χ0v) is 17.5. The van der Waals surface area contributed by atoms with Crippen molar-refractivity contribution < 1.29 is 9.59 Å². The van der Waals surface area contributed by atoms with Gasteiger partial charge in [-0.25, -0.2) is 0 Å². The molecule has 160 valence electrons. The Bertz CT molecular complexity index is 1160. The summed E-state index contributed by atoms with van der Waals surface area (Å²) in [6.07, 6.45) is 10.5. The smallest absolute Gasteiger partial charge is 0.252 e. The number of anilines is 2. The fourth-order valence-electron chi connectivity index (χ4n) is 3.12. The molecule has 2 aromatic carbocycles. The lowest BCUT2D eigenvalue weighted by Crippen LogP contribution is -2.26. The van der Waals surface area contributed by atoms with E-state index in [0.29, 0.717) is 16.9 Å². The van der Waals surface area contributed by atoms with Crippen LogP contribution in [0, 0.1) is 0 Å². The fraction of sp³-hybridized carbons (Fsp3) is 0.115. The Labute approximate surface area is 186 Å². The monoisotopic (exact) mass is 424 g/mol. The molecule has 1 fully saturated rings. The van der Waals surface area contributed by atoms with Crippen LogP contribution in [0.1, 0.15) is 29.5 Å². The van der Waals surface area contributed by atoms with E-state index in [0.717, 1.165) is 29.5 Å². The van der Waals surface area contributed by atoms with E-state index >= 15 is 0 Å². The van der Waals surface area contributed by atoms with Crippen LogP contribution in [0.15, 0.2) is 79.1 Å². The third-order valence-electron chi connectivity index (χ3n) is 5.02. The van der Waals surface area contributed by atoms with Crippen LogP contribution in [0.25, 0.3) is 17.7 Å². The number of amides is 2. The van der Waals surface area contributed by atoms with E-state index in [-0.39, 0.29) is 17.9 Å². The van der Waals surface area contributed by atoms with E-state index in [2.05, 4.69) is 15.6 Å². The molecule has 3 aromatic rings. The molecular weight excluding hydrogens is 400 g/mol. The lowest BCUT2D eigenvalue weighted by molar-refractivity contribution is -0.115. The molecule has 1 saturated carbocycles. The second kappa shape index (κ2) is 9.75. The van der Waals surface area contributed by atoms with Gasteiger partial charge in [0.25, 0.3) is 5.91 Å². The molecule has 0 saturated heterocycles. The first-order valence-electron chi connectivity index (χ1n) is 10.4. The number of carbonyl (C=O) groups is 2. The number of para-hydroxylation sites is 2. The molecule has 0 unspecified atom stereocenters. The predicted octanol–water partition coefficient (Wildman–Crippen LogP) is 4.13. The maximum absolute atomic E-state index is 12.7. The highest BCUT2D eigenvalue weighted by Gasteiger charge is 2.25. The lowest BCUT2D eigenvalue weighted by Gasteiger charge is -2.09. The predicted molar refractivity (Wildman–Crippen MR) is 128 cm³/mol. The molecule has 0 aliphatic heterocycles. The molecular formula is C26H24N4O2. The summed E-state index contributed by atoms with van der Waals surface area (Å²) in [4.78, 5) is 29.0. The number of aromatic nitrogens is 1. The van der Waals surface area contributed by atoms with Gasteiger partial charge < -0.3 is 16.4 Å². The lowest BCUT2D eigenvalue weighted by atomic mass is 10.0. The zero-order chi connectivity index (χ0) is 22.3. The van der Waals surface area contributed by atoms with Gasteiger partial charge in [0, 0.05) is 35.6 Å².